The summed E-state index contributed by atoms with van der Waals surface area (Å²) in [7, 11) is 3.53. The smallest absolute Gasteiger partial charge is 0.191 e. The maximum atomic E-state index is 5.06. The fourth-order valence-corrected chi connectivity index (χ4v) is 3.22. The van der Waals surface area contributed by atoms with Crippen molar-refractivity contribution >= 4 is 29.9 Å². The van der Waals surface area contributed by atoms with Gasteiger partial charge in [0.1, 0.15) is 0 Å². The molecule has 0 aliphatic carbocycles. The zero-order valence-electron chi connectivity index (χ0n) is 16.5. The summed E-state index contributed by atoms with van der Waals surface area (Å²) in [6, 6.07) is 9.66. The van der Waals surface area contributed by atoms with Crippen LogP contribution < -0.4 is 10.6 Å². The molecule has 0 amide bonds. The molecule has 148 valence electrons. The normalized spacial score (nSPS) is 18.3. The van der Waals surface area contributed by atoms with Crippen LogP contribution in [0.4, 0.5) is 0 Å². The van der Waals surface area contributed by atoms with E-state index in [1.54, 1.807) is 14.2 Å². The molecule has 0 spiro atoms. The van der Waals surface area contributed by atoms with E-state index in [-0.39, 0.29) is 24.0 Å². The topological polar surface area (TPSA) is 48.9 Å². The lowest BCUT2D eigenvalue weighted by Crippen LogP contribution is -2.37. The van der Waals surface area contributed by atoms with Crippen LogP contribution in [-0.2, 0) is 17.8 Å². The molecule has 0 bridgehead atoms. The Morgan fingerprint density at radius 2 is 1.92 bits per heavy atom. The van der Waals surface area contributed by atoms with Gasteiger partial charge in [-0.3, -0.25) is 9.89 Å². The third-order valence-electron chi connectivity index (χ3n) is 4.85. The number of halogens is 1. The molecule has 0 aromatic heterocycles. The van der Waals surface area contributed by atoms with Crippen LogP contribution >= 0.6 is 24.0 Å². The van der Waals surface area contributed by atoms with Crippen LogP contribution in [0.1, 0.15) is 43.7 Å². The van der Waals surface area contributed by atoms with Crippen molar-refractivity contribution < 1.29 is 4.74 Å². The molecular weight excluding hydrogens is 439 g/mol. The van der Waals surface area contributed by atoms with E-state index < -0.39 is 0 Å². The van der Waals surface area contributed by atoms with E-state index in [0.29, 0.717) is 6.04 Å². The van der Waals surface area contributed by atoms with Gasteiger partial charge in [-0.05, 0) is 43.9 Å². The van der Waals surface area contributed by atoms with Gasteiger partial charge in [-0.1, -0.05) is 30.7 Å². The number of hydrogen-bond acceptors (Lipinski definition) is 3. The monoisotopic (exact) mass is 474 g/mol. The summed E-state index contributed by atoms with van der Waals surface area (Å²) in [5.41, 5.74) is 2.68. The van der Waals surface area contributed by atoms with Crippen molar-refractivity contribution in [2.24, 2.45) is 4.99 Å². The molecule has 2 N–H and O–H groups in total. The number of methoxy groups -OCH3 is 1. The van der Waals surface area contributed by atoms with E-state index in [4.69, 9.17) is 4.74 Å². The first-order valence-electron chi connectivity index (χ1n) is 9.48. The fourth-order valence-electron chi connectivity index (χ4n) is 3.22. The zero-order chi connectivity index (χ0) is 17.9. The first kappa shape index (κ1) is 23.2. The highest BCUT2D eigenvalue weighted by Crippen LogP contribution is 2.19. The van der Waals surface area contributed by atoms with Crippen molar-refractivity contribution in [2.75, 3.05) is 33.9 Å². The molecule has 6 heteroatoms. The molecule has 0 saturated carbocycles. The molecule has 26 heavy (non-hydrogen) atoms. The van der Waals surface area contributed by atoms with Crippen LogP contribution in [0.25, 0.3) is 0 Å². The van der Waals surface area contributed by atoms with Crippen molar-refractivity contribution in [2.45, 2.75) is 51.7 Å². The van der Waals surface area contributed by atoms with Crippen LogP contribution in [0.5, 0.6) is 0 Å². The summed E-state index contributed by atoms with van der Waals surface area (Å²) in [5.74, 6) is 0.835. The summed E-state index contributed by atoms with van der Waals surface area (Å²) in [5, 5.41) is 6.66. The summed E-state index contributed by atoms with van der Waals surface area (Å²) in [4.78, 5) is 6.85. The van der Waals surface area contributed by atoms with Crippen LogP contribution in [0.2, 0.25) is 0 Å². The average Bonchev–Trinajstić information content (AvgIpc) is 2.64. The van der Waals surface area contributed by atoms with Crippen molar-refractivity contribution in [1.82, 2.24) is 15.5 Å². The quantitative estimate of drug-likeness (QED) is 0.263. The number of ether oxygens (including phenoxy) is 1. The Bertz CT molecular complexity index is 521. The van der Waals surface area contributed by atoms with Crippen molar-refractivity contribution in [3.8, 4) is 0 Å². The lowest BCUT2D eigenvalue weighted by atomic mass is 10.0. The molecule has 1 aliphatic rings. The minimum absolute atomic E-state index is 0. The van der Waals surface area contributed by atoms with Gasteiger partial charge < -0.3 is 15.4 Å². The van der Waals surface area contributed by atoms with Crippen molar-refractivity contribution in [3.63, 3.8) is 0 Å². The van der Waals surface area contributed by atoms with E-state index >= 15 is 0 Å². The number of nitrogens with zero attached hydrogens (tertiary/aromatic N) is 2. The fraction of sp³-hybridized carbons (Fsp3) is 0.650. The predicted octanol–water partition coefficient (Wildman–Crippen LogP) is 3.38. The van der Waals surface area contributed by atoms with Crippen LogP contribution in [-0.4, -0.2) is 50.8 Å². The third-order valence-corrected chi connectivity index (χ3v) is 4.85. The maximum absolute atomic E-state index is 5.06. The van der Waals surface area contributed by atoms with Gasteiger partial charge >= 0.3 is 0 Å². The van der Waals surface area contributed by atoms with Crippen molar-refractivity contribution in [1.29, 1.82) is 0 Å². The Labute approximate surface area is 176 Å². The van der Waals surface area contributed by atoms with Gasteiger partial charge in [0.2, 0.25) is 0 Å². The molecule has 1 aromatic carbocycles. The number of aliphatic imine (C=N–C) groups is 1. The van der Waals surface area contributed by atoms with E-state index in [1.165, 1.54) is 36.9 Å². The largest absolute Gasteiger partial charge is 0.385 e. The van der Waals surface area contributed by atoms with Gasteiger partial charge in [-0.15, -0.1) is 24.0 Å². The van der Waals surface area contributed by atoms with E-state index in [1.807, 2.05) is 0 Å². The molecule has 0 radical (unpaired) electrons. The third kappa shape index (κ3) is 8.22. The van der Waals surface area contributed by atoms with Crippen LogP contribution in [0.15, 0.2) is 29.3 Å². The van der Waals surface area contributed by atoms with E-state index in [2.05, 4.69) is 51.7 Å². The van der Waals surface area contributed by atoms with Gasteiger partial charge in [0.25, 0.3) is 0 Å². The summed E-state index contributed by atoms with van der Waals surface area (Å²) >= 11 is 0. The van der Waals surface area contributed by atoms with E-state index in [0.717, 1.165) is 38.6 Å². The molecule has 1 saturated heterocycles. The molecule has 5 nitrogen and oxygen atoms in total. The Kier molecular flexibility index (Phi) is 11.9. The minimum atomic E-state index is 0. The van der Waals surface area contributed by atoms with Gasteiger partial charge in [0.15, 0.2) is 5.96 Å². The molecule has 1 heterocycles. The second-order valence-corrected chi connectivity index (χ2v) is 6.83. The summed E-state index contributed by atoms with van der Waals surface area (Å²) < 4.78 is 5.06. The molecular formula is C20H35IN4O. The summed E-state index contributed by atoms with van der Waals surface area (Å²) in [6.45, 7) is 7.06. The lowest BCUT2D eigenvalue weighted by molar-refractivity contribution is 0.152. The second kappa shape index (κ2) is 13.3. The standard InChI is InChI=1S/C20H34N4O.HI/c1-17-7-4-5-13-24(17)16-19-10-8-18(9-11-19)15-23-20(21-2)22-12-6-14-25-3;/h8-11,17H,4-7,12-16H2,1-3H3,(H2,21,22,23);1H. The number of piperidine rings is 1. The number of likely N-dealkylation sites (tertiary alicyclic amines) is 1. The number of benzene rings is 1. The Balaban J connectivity index is 0.00000338. The van der Waals surface area contributed by atoms with Gasteiger partial charge in [-0.25, -0.2) is 0 Å². The Morgan fingerprint density at radius 3 is 2.58 bits per heavy atom. The van der Waals surface area contributed by atoms with Gasteiger partial charge in [-0.2, -0.15) is 0 Å². The first-order chi connectivity index (χ1) is 12.2. The molecule has 2 rings (SSSR count). The number of rotatable bonds is 8. The number of hydrogen-bond donors (Lipinski definition) is 2. The lowest BCUT2D eigenvalue weighted by Gasteiger charge is -2.33. The van der Waals surface area contributed by atoms with Crippen LogP contribution in [0, 0.1) is 0 Å². The minimum Gasteiger partial charge on any atom is -0.385 e. The first-order valence-corrected chi connectivity index (χ1v) is 9.48. The van der Waals surface area contributed by atoms with Gasteiger partial charge in [0, 0.05) is 46.4 Å². The molecule has 1 aliphatic heterocycles. The molecule has 1 fully saturated rings. The van der Waals surface area contributed by atoms with Crippen molar-refractivity contribution in [3.05, 3.63) is 35.4 Å². The van der Waals surface area contributed by atoms with E-state index in [9.17, 15) is 0 Å². The highest BCUT2D eigenvalue weighted by Gasteiger charge is 2.17. The average molecular weight is 474 g/mol. The maximum Gasteiger partial charge on any atom is 0.191 e. The van der Waals surface area contributed by atoms with Gasteiger partial charge in [0.05, 0.1) is 0 Å². The highest BCUT2D eigenvalue weighted by molar-refractivity contribution is 14.0. The Hall–Kier alpha value is -0.860. The SMILES string of the molecule is CN=C(NCCCOC)NCc1ccc(CN2CCCCC2C)cc1.I. The predicted molar refractivity (Wildman–Crippen MR) is 120 cm³/mol. The number of nitrogens with one attached hydrogen (secondary N) is 2. The molecule has 1 atom stereocenters. The number of guanidine groups is 1. The highest BCUT2D eigenvalue weighted by atomic mass is 127. The van der Waals surface area contributed by atoms with Crippen LogP contribution in [0.3, 0.4) is 0 Å². The zero-order valence-corrected chi connectivity index (χ0v) is 18.8. The Morgan fingerprint density at radius 1 is 1.19 bits per heavy atom. The molecule has 1 aromatic rings. The summed E-state index contributed by atoms with van der Waals surface area (Å²) in [6.07, 6.45) is 5.02. The molecule has 1 unspecified atom stereocenters. The second-order valence-electron chi connectivity index (χ2n) is 6.83.